The van der Waals surface area contributed by atoms with Gasteiger partial charge in [-0.2, -0.15) is 0 Å². The van der Waals surface area contributed by atoms with Gasteiger partial charge in [-0.25, -0.2) is 8.42 Å². The molecule has 0 aromatic heterocycles. The summed E-state index contributed by atoms with van der Waals surface area (Å²) in [7, 11) is -0.796. The highest BCUT2D eigenvalue weighted by molar-refractivity contribution is 7.92. The average Bonchev–Trinajstić information content (AvgIpc) is 2.66. The van der Waals surface area contributed by atoms with Crippen molar-refractivity contribution in [3.8, 4) is 11.5 Å². The van der Waals surface area contributed by atoms with E-state index in [-0.39, 0.29) is 4.90 Å². The molecular formula is C20H19NO5S. The Labute approximate surface area is 157 Å². The van der Waals surface area contributed by atoms with E-state index in [9.17, 15) is 13.2 Å². The van der Waals surface area contributed by atoms with Crippen LogP contribution in [-0.4, -0.2) is 34.3 Å². The Kier molecular flexibility index (Phi) is 5.32. The van der Waals surface area contributed by atoms with E-state index in [1.54, 1.807) is 30.3 Å². The van der Waals surface area contributed by atoms with Crippen molar-refractivity contribution < 1.29 is 22.7 Å². The summed E-state index contributed by atoms with van der Waals surface area (Å²) in [6.45, 7) is 0. The SMILES string of the molecule is COc1cc(NC(=O)CS(=O)(=O)c2ccc3ccccc3c2)cc(OC)c1. The third kappa shape index (κ3) is 4.38. The first-order chi connectivity index (χ1) is 12.9. The van der Waals surface area contributed by atoms with Crippen molar-refractivity contribution in [3.63, 3.8) is 0 Å². The second-order valence-electron chi connectivity index (χ2n) is 5.92. The molecule has 27 heavy (non-hydrogen) atoms. The second kappa shape index (κ2) is 7.67. The lowest BCUT2D eigenvalue weighted by Gasteiger charge is -2.10. The van der Waals surface area contributed by atoms with Gasteiger partial charge in [0.1, 0.15) is 17.3 Å². The lowest BCUT2D eigenvalue weighted by Crippen LogP contribution is -2.23. The van der Waals surface area contributed by atoms with Crippen LogP contribution in [0.15, 0.2) is 65.6 Å². The van der Waals surface area contributed by atoms with Crippen LogP contribution in [0.5, 0.6) is 11.5 Å². The molecule has 0 aliphatic carbocycles. The third-order valence-electron chi connectivity index (χ3n) is 4.04. The van der Waals surface area contributed by atoms with Crippen molar-refractivity contribution in [1.82, 2.24) is 0 Å². The lowest BCUT2D eigenvalue weighted by molar-refractivity contribution is -0.113. The number of hydrogen-bond donors (Lipinski definition) is 1. The summed E-state index contributed by atoms with van der Waals surface area (Å²) in [5.41, 5.74) is 0.393. The van der Waals surface area contributed by atoms with Crippen LogP contribution in [0, 0.1) is 0 Å². The molecule has 0 atom stereocenters. The van der Waals surface area contributed by atoms with Gasteiger partial charge in [-0.3, -0.25) is 4.79 Å². The van der Waals surface area contributed by atoms with E-state index in [1.807, 2.05) is 24.3 Å². The van der Waals surface area contributed by atoms with Crippen molar-refractivity contribution in [2.45, 2.75) is 4.90 Å². The van der Waals surface area contributed by atoms with E-state index >= 15 is 0 Å². The fraction of sp³-hybridized carbons (Fsp3) is 0.150. The molecule has 0 unspecified atom stereocenters. The van der Waals surface area contributed by atoms with Gasteiger partial charge in [0.05, 0.1) is 19.1 Å². The number of amides is 1. The normalized spacial score (nSPS) is 11.2. The zero-order valence-electron chi connectivity index (χ0n) is 14.9. The van der Waals surface area contributed by atoms with Crippen LogP contribution in [-0.2, 0) is 14.6 Å². The predicted molar refractivity (Wildman–Crippen MR) is 104 cm³/mol. The van der Waals surface area contributed by atoms with E-state index in [2.05, 4.69) is 5.32 Å². The Balaban J connectivity index is 1.79. The number of sulfone groups is 1. The Hall–Kier alpha value is -3.06. The van der Waals surface area contributed by atoms with Gasteiger partial charge in [0, 0.05) is 23.9 Å². The van der Waals surface area contributed by atoms with Gasteiger partial charge in [-0.05, 0) is 22.9 Å². The Bertz CT molecular complexity index is 1070. The number of fused-ring (bicyclic) bond motifs is 1. The predicted octanol–water partition coefficient (Wildman–Crippen LogP) is 3.27. The minimum atomic E-state index is -3.78. The first-order valence-corrected chi connectivity index (χ1v) is 9.81. The number of ether oxygens (including phenoxy) is 2. The molecular weight excluding hydrogens is 366 g/mol. The summed E-state index contributed by atoms with van der Waals surface area (Å²) in [6.07, 6.45) is 0. The van der Waals surface area contributed by atoms with Gasteiger partial charge in [0.25, 0.3) is 0 Å². The quantitative estimate of drug-likeness (QED) is 0.704. The Morgan fingerprint density at radius 2 is 1.52 bits per heavy atom. The van der Waals surface area contributed by atoms with E-state index in [1.165, 1.54) is 20.3 Å². The maximum atomic E-state index is 12.6. The molecule has 140 valence electrons. The summed E-state index contributed by atoms with van der Waals surface area (Å²) in [5.74, 6) is -0.326. The van der Waals surface area contributed by atoms with Crippen LogP contribution in [0.3, 0.4) is 0 Å². The molecule has 0 heterocycles. The van der Waals surface area contributed by atoms with Gasteiger partial charge in [0.15, 0.2) is 9.84 Å². The fourth-order valence-corrected chi connectivity index (χ4v) is 3.86. The molecule has 1 amide bonds. The maximum Gasteiger partial charge on any atom is 0.239 e. The van der Waals surface area contributed by atoms with E-state index in [0.717, 1.165) is 10.8 Å². The number of benzene rings is 3. The maximum absolute atomic E-state index is 12.6. The highest BCUT2D eigenvalue weighted by Gasteiger charge is 2.20. The number of carbonyl (C=O) groups is 1. The largest absolute Gasteiger partial charge is 0.497 e. The van der Waals surface area contributed by atoms with Crippen LogP contribution in [0.25, 0.3) is 10.8 Å². The van der Waals surface area contributed by atoms with Crippen LogP contribution < -0.4 is 14.8 Å². The number of nitrogens with one attached hydrogen (secondary N) is 1. The van der Waals surface area contributed by atoms with Gasteiger partial charge in [-0.15, -0.1) is 0 Å². The van der Waals surface area contributed by atoms with Crippen molar-refractivity contribution in [3.05, 3.63) is 60.7 Å². The molecule has 0 aliphatic heterocycles. The minimum absolute atomic E-state index is 0.111. The van der Waals surface area contributed by atoms with Crippen molar-refractivity contribution in [2.24, 2.45) is 0 Å². The molecule has 0 fully saturated rings. The molecule has 3 aromatic rings. The fourth-order valence-electron chi connectivity index (χ4n) is 2.69. The van der Waals surface area contributed by atoms with Gasteiger partial charge >= 0.3 is 0 Å². The number of anilines is 1. The molecule has 0 saturated heterocycles. The molecule has 1 N–H and O–H groups in total. The molecule has 0 bridgehead atoms. The second-order valence-corrected chi connectivity index (χ2v) is 7.91. The highest BCUT2D eigenvalue weighted by atomic mass is 32.2. The van der Waals surface area contributed by atoms with E-state index in [0.29, 0.717) is 17.2 Å². The van der Waals surface area contributed by atoms with Gasteiger partial charge in [-0.1, -0.05) is 30.3 Å². The van der Waals surface area contributed by atoms with Crippen LogP contribution >= 0.6 is 0 Å². The molecule has 3 aromatic carbocycles. The van der Waals surface area contributed by atoms with E-state index < -0.39 is 21.5 Å². The minimum Gasteiger partial charge on any atom is -0.497 e. The van der Waals surface area contributed by atoms with Crippen LogP contribution in [0.4, 0.5) is 5.69 Å². The van der Waals surface area contributed by atoms with Crippen molar-refractivity contribution in [2.75, 3.05) is 25.3 Å². The summed E-state index contributed by atoms with van der Waals surface area (Å²) >= 11 is 0. The molecule has 6 nitrogen and oxygen atoms in total. The lowest BCUT2D eigenvalue weighted by atomic mass is 10.1. The monoisotopic (exact) mass is 385 g/mol. The average molecular weight is 385 g/mol. The molecule has 3 rings (SSSR count). The van der Waals surface area contributed by atoms with Crippen LogP contribution in [0.2, 0.25) is 0 Å². The highest BCUT2D eigenvalue weighted by Crippen LogP contribution is 2.26. The first kappa shape index (κ1) is 18.7. The molecule has 0 spiro atoms. The zero-order chi connectivity index (χ0) is 19.4. The Morgan fingerprint density at radius 3 is 2.15 bits per heavy atom. The summed E-state index contributed by atoms with van der Waals surface area (Å²) in [4.78, 5) is 12.4. The molecule has 0 radical (unpaired) electrons. The van der Waals surface area contributed by atoms with Crippen molar-refractivity contribution in [1.29, 1.82) is 0 Å². The smallest absolute Gasteiger partial charge is 0.239 e. The summed E-state index contributed by atoms with van der Waals surface area (Å²) in [5, 5.41) is 4.31. The number of hydrogen-bond acceptors (Lipinski definition) is 5. The number of carbonyl (C=O) groups excluding carboxylic acids is 1. The Morgan fingerprint density at radius 1 is 0.889 bits per heavy atom. The zero-order valence-corrected chi connectivity index (χ0v) is 15.7. The summed E-state index contributed by atoms with van der Waals surface area (Å²) in [6, 6.07) is 17.1. The first-order valence-electron chi connectivity index (χ1n) is 8.16. The molecule has 0 saturated carbocycles. The van der Waals surface area contributed by atoms with Crippen molar-refractivity contribution >= 4 is 32.2 Å². The topological polar surface area (TPSA) is 81.7 Å². The number of rotatable bonds is 6. The standard InChI is InChI=1S/C20H19NO5S/c1-25-17-10-16(11-18(12-17)26-2)21-20(22)13-27(23,24)19-8-7-14-5-3-4-6-15(14)9-19/h3-12H,13H2,1-2H3,(H,21,22). The van der Waals surface area contributed by atoms with Gasteiger partial charge < -0.3 is 14.8 Å². The third-order valence-corrected chi connectivity index (χ3v) is 5.65. The van der Waals surface area contributed by atoms with E-state index in [4.69, 9.17) is 9.47 Å². The molecule has 0 aliphatic rings. The van der Waals surface area contributed by atoms with Gasteiger partial charge in [0.2, 0.25) is 5.91 Å². The molecule has 7 heteroatoms. The summed E-state index contributed by atoms with van der Waals surface area (Å²) < 4.78 is 35.5. The van der Waals surface area contributed by atoms with Crippen LogP contribution in [0.1, 0.15) is 0 Å². The number of methoxy groups -OCH3 is 2.